The molecule has 0 unspecified atom stereocenters. The number of amides is 2. The van der Waals surface area contributed by atoms with E-state index < -0.39 is 11.7 Å². The second-order valence-corrected chi connectivity index (χ2v) is 7.92. The van der Waals surface area contributed by atoms with Crippen LogP contribution in [-0.2, 0) is 4.74 Å². The minimum absolute atomic E-state index is 0.231. The van der Waals surface area contributed by atoms with Gasteiger partial charge in [-0.25, -0.2) is 9.59 Å². The first-order valence-electron chi connectivity index (χ1n) is 9.08. The molecule has 2 saturated heterocycles. The number of ether oxygens (including phenoxy) is 1. The van der Waals surface area contributed by atoms with Crippen molar-refractivity contribution in [3.63, 3.8) is 0 Å². The molecule has 0 aromatic carbocycles. The smallest absolute Gasteiger partial charge is 0.410 e. The maximum absolute atomic E-state index is 12.1. The van der Waals surface area contributed by atoms with Crippen molar-refractivity contribution in [3.05, 3.63) is 0 Å². The molecule has 0 aromatic rings. The van der Waals surface area contributed by atoms with Crippen molar-refractivity contribution in [1.29, 1.82) is 0 Å². The highest BCUT2D eigenvalue weighted by Gasteiger charge is 2.28. The minimum Gasteiger partial charge on any atom is -0.465 e. The van der Waals surface area contributed by atoms with Crippen molar-refractivity contribution in [1.82, 2.24) is 19.6 Å². The zero-order valence-corrected chi connectivity index (χ0v) is 15.9. The van der Waals surface area contributed by atoms with Crippen molar-refractivity contribution < 1.29 is 19.4 Å². The zero-order valence-electron chi connectivity index (χ0n) is 15.9. The number of piperazine rings is 2. The Hall–Kier alpha value is -1.54. The van der Waals surface area contributed by atoms with E-state index in [4.69, 9.17) is 9.84 Å². The summed E-state index contributed by atoms with van der Waals surface area (Å²) in [5.41, 5.74) is -0.456. The van der Waals surface area contributed by atoms with Crippen LogP contribution in [0.25, 0.3) is 0 Å². The van der Waals surface area contributed by atoms with Crippen molar-refractivity contribution in [2.45, 2.75) is 39.3 Å². The molecule has 0 spiro atoms. The van der Waals surface area contributed by atoms with Crippen LogP contribution in [0.4, 0.5) is 9.59 Å². The van der Waals surface area contributed by atoms with Crippen molar-refractivity contribution in [2.75, 3.05) is 58.9 Å². The van der Waals surface area contributed by atoms with Crippen LogP contribution in [0.1, 0.15) is 27.7 Å². The van der Waals surface area contributed by atoms with Crippen LogP contribution in [0.3, 0.4) is 0 Å². The van der Waals surface area contributed by atoms with E-state index in [1.54, 1.807) is 4.90 Å². The van der Waals surface area contributed by atoms with Gasteiger partial charge in [0.1, 0.15) is 5.60 Å². The predicted molar refractivity (Wildman–Crippen MR) is 94.9 cm³/mol. The summed E-state index contributed by atoms with van der Waals surface area (Å²) in [6, 6.07) is 0.243. The topological polar surface area (TPSA) is 76.6 Å². The molecule has 0 aromatic heterocycles. The fourth-order valence-corrected chi connectivity index (χ4v) is 3.25. The summed E-state index contributed by atoms with van der Waals surface area (Å²) >= 11 is 0. The molecule has 2 fully saturated rings. The zero-order chi connectivity index (χ0) is 18.6. The Morgan fingerprint density at radius 1 is 1.00 bits per heavy atom. The Balaban J connectivity index is 1.69. The molecule has 0 radical (unpaired) electrons. The number of nitrogens with zero attached hydrogens (tertiary/aromatic N) is 4. The summed E-state index contributed by atoms with van der Waals surface area (Å²) in [6.07, 6.45) is -1.06. The fourth-order valence-electron chi connectivity index (χ4n) is 3.25. The molecule has 2 aliphatic heterocycles. The van der Waals surface area contributed by atoms with E-state index in [2.05, 4.69) is 16.7 Å². The van der Waals surface area contributed by atoms with E-state index in [0.29, 0.717) is 26.2 Å². The number of hydrogen-bond donors (Lipinski definition) is 1. The fraction of sp³-hybridized carbons (Fsp3) is 0.882. The van der Waals surface area contributed by atoms with Gasteiger partial charge in [0.05, 0.1) is 0 Å². The third-order valence-corrected chi connectivity index (χ3v) is 4.76. The lowest BCUT2D eigenvalue weighted by Crippen LogP contribution is -2.56. The highest BCUT2D eigenvalue weighted by atomic mass is 16.6. The van der Waals surface area contributed by atoms with E-state index in [1.165, 1.54) is 4.90 Å². The SMILES string of the molecule is C[C@H]1CN(C(=O)O)CCN1CCN1CCN(C(=O)OC(C)(C)C)CC1. The molecule has 0 aliphatic carbocycles. The highest BCUT2D eigenvalue weighted by molar-refractivity contribution is 5.68. The van der Waals surface area contributed by atoms with E-state index in [0.717, 1.165) is 32.7 Å². The van der Waals surface area contributed by atoms with Crippen LogP contribution in [0.5, 0.6) is 0 Å². The maximum atomic E-state index is 12.1. The number of rotatable bonds is 3. The normalized spacial score (nSPS) is 23.6. The monoisotopic (exact) mass is 356 g/mol. The number of hydrogen-bond acceptors (Lipinski definition) is 5. The molecule has 0 bridgehead atoms. The van der Waals surface area contributed by atoms with Gasteiger partial charge in [-0.3, -0.25) is 9.80 Å². The van der Waals surface area contributed by atoms with Gasteiger partial charge in [0.2, 0.25) is 0 Å². The molecule has 2 aliphatic rings. The Morgan fingerprint density at radius 2 is 1.60 bits per heavy atom. The summed E-state index contributed by atoms with van der Waals surface area (Å²) in [7, 11) is 0. The predicted octanol–water partition coefficient (Wildman–Crippen LogP) is 1.22. The third kappa shape index (κ3) is 6.04. The first-order valence-corrected chi connectivity index (χ1v) is 9.08. The molecule has 8 heteroatoms. The van der Waals surface area contributed by atoms with Gasteiger partial charge in [0, 0.05) is 64.9 Å². The standard InChI is InChI=1S/C17H32N4O4/c1-14-13-21(15(22)23)12-11-19(14)8-5-18-6-9-20(10-7-18)16(24)25-17(2,3)4/h14H,5-13H2,1-4H3,(H,22,23)/t14-/m0/s1. The summed E-state index contributed by atoms with van der Waals surface area (Å²) in [6.45, 7) is 14.6. The number of carbonyl (C=O) groups excluding carboxylic acids is 1. The van der Waals surface area contributed by atoms with Crippen LogP contribution < -0.4 is 0 Å². The molecule has 2 rings (SSSR count). The van der Waals surface area contributed by atoms with Gasteiger partial charge < -0.3 is 19.6 Å². The lowest BCUT2D eigenvalue weighted by molar-refractivity contribution is 0.0123. The molecule has 8 nitrogen and oxygen atoms in total. The summed E-state index contributed by atoms with van der Waals surface area (Å²) in [5, 5.41) is 9.07. The van der Waals surface area contributed by atoms with Crippen LogP contribution in [0.2, 0.25) is 0 Å². The summed E-state index contributed by atoms with van der Waals surface area (Å²) in [4.78, 5) is 31.1. The largest absolute Gasteiger partial charge is 0.465 e. The lowest BCUT2D eigenvalue weighted by atomic mass is 10.2. The lowest BCUT2D eigenvalue weighted by Gasteiger charge is -2.40. The number of carbonyl (C=O) groups is 2. The molecule has 0 saturated carbocycles. The minimum atomic E-state index is -0.829. The summed E-state index contributed by atoms with van der Waals surface area (Å²) < 4.78 is 5.42. The Morgan fingerprint density at radius 3 is 2.12 bits per heavy atom. The quantitative estimate of drug-likeness (QED) is 0.819. The molecule has 1 atom stereocenters. The average molecular weight is 356 g/mol. The van der Waals surface area contributed by atoms with E-state index in [-0.39, 0.29) is 12.1 Å². The molecule has 144 valence electrons. The van der Waals surface area contributed by atoms with Gasteiger partial charge in [-0.15, -0.1) is 0 Å². The molecule has 2 amide bonds. The van der Waals surface area contributed by atoms with E-state index in [1.807, 2.05) is 20.8 Å². The maximum Gasteiger partial charge on any atom is 0.410 e. The van der Waals surface area contributed by atoms with Crippen molar-refractivity contribution >= 4 is 12.2 Å². The van der Waals surface area contributed by atoms with Crippen molar-refractivity contribution in [2.24, 2.45) is 0 Å². The average Bonchev–Trinajstić information content (AvgIpc) is 2.52. The Bertz CT molecular complexity index is 472. The summed E-state index contributed by atoms with van der Waals surface area (Å²) in [5.74, 6) is 0. The molecule has 2 heterocycles. The molecule has 25 heavy (non-hydrogen) atoms. The Labute approximate surface area is 150 Å². The first-order chi connectivity index (χ1) is 11.7. The van der Waals surface area contributed by atoms with Crippen LogP contribution in [0, 0.1) is 0 Å². The van der Waals surface area contributed by atoms with Gasteiger partial charge in [0.25, 0.3) is 0 Å². The van der Waals surface area contributed by atoms with E-state index >= 15 is 0 Å². The van der Waals surface area contributed by atoms with Crippen LogP contribution in [0.15, 0.2) is 0 Å². The molecular weight excluding hydrogens is 324 g/mol. The highest BCUT2D eigenvalue weighted by Crippen LogP contribution is 2.13. The third-order valence-electron chi connectivity index (χ3n) is 4.76. The second-order valence-electron chi connectivity index (χ2n) is 7.92. The van der Waals surface area contributed by atoms with Crippen molar-refractivity contribution in [3.8, 4) is 0 Å². The van der Waals surface area contributed by atoms with Gasteiger partial charge in [0.15, 0.2) is 0 Å². The molecule has 1 N–H and O–H groups in total. The van der Waals surface area contributed by atoms with Gasteiger partial charge in [-0.05, 0) is 27.7 Å². The van der Waals surface area contributed by atoms with Crippen LogP contribution >= 0.6 is 0 Å². The molecular formula is C17H32N4O4. The Kier molecular flexibility index (Phi) is 6.51. The van der Waals surface area contributed by atoms with Gasteiger partial charge >= 0.3 is 12.2 Å². The first kappa shape index (κ1) is 19.8. The second kappa shape index (κ2) is 8.23. The number of carboxylic acid groups (broad SMARTS) is 1. The van der Waals surface area contributed by atoms with Gasteiger partial charge in [-0.1, -0.05) is 0 Å². The van der Waals surface area contributed by atoms with Gasteiger partial charge in [-0.2, -0.15) is 0 Å². The van der Waals surface area contributed by atoms with E-state index in [9.17, 15) is 9.59 Å². The van der Waals surface area contributed by atoms with Crippen LogP contribution in [-0.4, -0.2) is 107 Å².